The monoisotopic (exact) mass is 1940 g/mol. The molecule has 4 aromatic carbocycles. The first kappa shape index (κ1) is 105. The second-order valence-corrected chi connectivity index (χ2v) is 36.2. The Morgan fingerprint density at radius 1 is 0.245 bits per heavy atom. The van der Waals surface area contributed by atoms with E-state index in [4.69, 9.17) is 81.0 Å². The van der Waals surface area contributed by atoms with Gasteiger partial charge in [0, 0.05) is 44.3 Å². The van der Waals surface area contributed by atoms with Crippen LogP contribution in [0.3, 0.4) is 0 Å². The quantitative estimate of drug-likeness (QED) is 0.0237. The summed E-state index contributed by atoms with van der Waals surface area (Å²) in [5, 5.41) is 209. The van der Waals surface area contributed by atoms with Gasteiger partial charge in [-0.15, -0.1) is 0 Å². The Labute approximate surface area is 803 Å². The Hall–Kier alpha value is -8.52. The van der Waals surface area contributed by atoms with Gasteiger partial charge in [0.1, 0.15) is 169 Å². The van der Waals surface area contributed by atoms with Crippen LogP contribution in [-0.2, 0) is 52.1 Å². The molecular weight excluding hydrogens is 1810 g/mol. The largest absolute Gasteiger partial charge is 0.494 e. The molecule has 6 fully saturated rings. The number of hydrogen-bond donors (Lipinski definition) is 21. The highest BCUT2D eigenvalue weighted by atomic mass is 16.8. The number of unbranched alkanes of at least 4 members (excludes halogenated alkanes) is 9. The van der Waals surface area contributed by atoms with Gasteiger partial charge in [0.05, 0.1) is 94.9 Å². The Balaban J connectivity index is 0.606. The molecule has 0 aliphatic carbocycles. The number of benzene rings is 4. The molecular formula is C101H132N4O34. The Kier molecular flexibility index (Phi) is 37.1. The molecule has 11 heterocycles. The summed E-state index contributed by atoms with van der Waals surface area (Å²) in [5.41, 5.74) is 13.0. The number of aliphatic hydroxyl groups is 19. The third kappa shape index (κ3) is 24.1. The maximum atomic E-state index is 11.8. The molecule has 38 nitrogen and oxygen atoms in total. The van der Waals surface area contributed by atoms with Crippen molar-refractivity contribution in [2.45, 2.75) is 295 Å². The summed E-state index contributed by atoms with van der Waals surface area (Å²) in [4.78, 5) is 18.8. The van der Waals surface area contributed by atoms with Gasteiger partial charge in [0.15, 0.2) is 31.5 Å². The topological polar surface area (TPSA) is 580 Å². The molecule has 3 aromatic heterocycles. The first-order valence-corrected chi connectivity index (χ1v) is 48.2. The van der Waals surface area contributed by atoms with Crippen molar-refractivity contribution in [3.05, 3.63) is 144 Å². The lowest BCUT2D eigenvalue weighted by atomic mass is 9.92. The number of nitrogens with zero attached hydrogens (tertiary/aromatic N) is 2. The highest BCUT2D eigenvalue weighted by molar-refractivity contribution is 6.00. The molecule has 8 aliphatic heterocycles. The van der Waals surface area contributed by atoms with Crippen LogP contribution in [0.1, 0.15) is 133 Å². The summed E-state index contributed by atoms with van der Waals surface area (Å²) in [6.45, 7) is 2.82. The third-order valence-electron chi connectivity index (χ3n) is 26.6. The standard InChI is InChI=1S/C101H132N4O34/c1-4-7-10-13-42-125-56-26-18-52(19-27-56)75-60-34-36-62(102-60)76(53-20-28-57(29-21-53)126-43-14-11-8-5-2)64-38-40-66(104-64)78(67-41-39-65(105-67)77(63-37-35-61(75)103-63)54-22-30-58(31-23-54)127-44-15-12-9-6-3)55-24-32-59(33-25-55)128-45-16-17-68-79(112)82(115)92(70(47-107)129-68)135-98-88(121)84(117)94(72(49-109)131-98)137-100-90(123)86(119)96(74(51-111)133-100)139-101-91(124)85(118)95(73(50-110)134-101)138-99-89(122)83(116)93(71(48-108)132-99)136-97-87(120)81(114)80(113)69(46-106)130-97/h18-41,68-74,79-102,105-124H,4-17,42-51H2,1-3H3/t68-,69+,70+,71+,72+,73+,74+,79-,80+,81-,82+,83+,84+,85+,86+,87+,88+,89+,90+,91+,92+,93+,94+,95+,96+,97+,98+,99+,100+,101+/m0/s1. The van der Waals surface area contributed by atoms with Gasteiger partial charge in [-0.1, -0.05) is 127 Å². The zero-order chi connectivity index (χ0) is 98.2. The van der Waals surface area contributed by atoms with Crippen LogP contribution in [-0.4, -0.2) is 367 Å². The minimum absolute atomic E-state index is 0.0884. The second kappa shape index (κ2) is 49.2. The van der Waals surface area contributed by atoms with Crippen molar-refractivity contribution in [2.75, 3.05) is 66.1 Å². The molecule has 0 spiro atoms. The zero-order valence-corrected chi connectivity index (χ0v) is 77.7. The van der Waals surface area contributed by atoms with Crippen LogP contribution in [0.25, 0.3) is 90.9 Å². The van der Waals surface area contributed by atoms with Crippen LogP contribution in [0.15, 0.2) is 121 Å². The molecule has 8 bridgehead atoms. The van der Waals surface area contributed by atoms with E-state index in [2.05, 4.69) is 104 Å². The lowest BCUT2D eigenvalue weighted by Crippen LogP contribution is -2.68. The van der Waals surface area contributed by atoms with Crippen LogP contribution >= 0.6 is 0 Å². The van der Waals surface area contributed by atoms with Crippen LogP contribution in [0, 0.1) is 0 Å². The number of aliphatic hydroxyl groups excluding tert-OH is 19. The molecule has 30 atom stereocenters. The first-order valence-electron chi connectivity index (χ1n) is 48.2. The molecule has 7 aromatic rings. The van der Waals surface area contributed by atoms with Gasteiger partial charge >= 0.3 is 0 Å². The molecule has 0 amide bonds. The number of fused-ring (bicyclic) bond motifs is 8. The molecule has 6 saturated heterocycles. The highest BCUT2D eigenvalue weighted by Crippen LogP contribution is 2.44. The normalized spacial score (nSPS) is 32.0. The van der Waals surface area contributed by atoms with E-state index in [0.717, 1.165) is 172 Å². The molecule has 139 heavy (non-hydrogen) atoms. The SMILES string of the molecule is CCCCCCOc1ccc(-c2c3nc(c(-c4ccc(OCCCCCC)cc4)c4ccc([nH]4)c(-c4ccc(OCCC[C@@H]5O[C@H](CO)[C@@H](O[C@H]6O[C@H](CO)[C@@H](O[C@H]7O[C@H](CO)[C@@H](O[C@H]8O[C@H](CO)[C@@H](O[C@H]9O[C@H](CO)[C@@H](O[C@H]%10O[C@H](CO)[C@@H](O)[C@H](O)[C@H]%10O)[C@H](O)[C@H]9O)[C@H](O)[C@H]8O)[C@H](O)[C@H]7O)[C@H](O)[C@H]6O)[C@H](O)[C@H]5O)cc4)c4nc(c(-c5ccc(OCCCCCC)cc5)c5ccc2[nH]5)C=C4)C=C3)cc1. The molecule has 15 rings (SSSR count). The number of ether oxygens (including phenoxy) is 15. The van der Waals surface area contributed by atoms with Gasteiger partial charge in [-0.05, 0) is 151 Å². The minimum Gasteiger partial charge on any atom is -0.494 e. The summed E-state index contributed by atoms with van der Waals surface area (Å²) >= 11 is 0. The predicted molar refractivity (Wildman–Crippen MR) is 501 cm³/mol. The van der Waals surface area contributed by atoms with Crippen molar-refractivity contribution in [3.63, 3.8) is 0 Å². The fraction of sp³-hybridized carbons (Fsp3) is 0.564. The van der Waals surface area contributed by atoms with Gasteiger partial charge in [0.2, 0.25) is 0 Å². The maximum absolute atomic E-state index is 11.8. The molecule has 8 aliphatic rings. The lowest BCUT2D eigenvalue weighted by molar-refractivity contribution is -0.395. The number of nitrogens with one attached hydrogen (secondary N) is 2. The Bertz CT molecular complexity index is 5200. The Morgan fingerprint density at radius 2 is 0.475 bits per heavy atom. The van der Waals surface area contributed by atoms with Crippen molar-refractivity contribution in [2.24, 2.45) is 0 Å². The summed E-state index contributed by atoms with van der Waals surface area (Å²) < 4.78 is 88.8. The van der Waals surface area contributed by atoms with E-state index in [9.17, 15) is 97.0 Å². The smallest absolute Gasteiger partial charge is 0.187 e. The second-order valence-electron chi connectivity index (χ2n) is 36.2. The fourth-order valence-electron chi connectivity index (χ4n) is 18.8. The van der Waals surface area contributed by atoms with Crippen LogP contribution in [0.5, 0.6) is 23.0 Å². The van der Waals surface area contributed by atoms with E-state index >= 15 is 0 Å². The molecule has 0 saturated carbocycles. The van der Waals surface area contributed by atoms with E-state index in [1.807, 2.05) is 72.8 Å². The zero-order valence-electron chi connectivity index (χ0n) is 77.7. The van der Waals surface area contributed by atoms with Crippen LogP contribution < -0.4 is 18.9 Å². The first-order chi connectivity index (χ1) is 67.4. The van der Waals surface area contributed by atoms with Gasteiger partial charge in [-0.2, -0.15) is 0 Å². The van der Waals surface area contributed by atoms with E-state index in [1.54, 1.807) is 0 Å². The van der Waals surface area contributed by atoms with Gasteiger partial charge in [-0.25, -0.2) is 9.97 Å². The van der Waals surface area contributed by atoms with Crippen molar-refractivity contribution < 1.29 is 168 Å². The highest BCUT2D eigenvalue weighted by Gasteiger charge is 2.58. The summed E-state index contributed by atoms with van der Waals surface area (Å²) in [6, 6.07) is 40.4. The number of rotatable bonds is 43. The maximum Gasteiger partial charge on any atom is 0.187 e. The molecule has 0 radical (unpaired) electrons. The average Bonchev–Trinajstić information content (AvgIpc) is 1.69. The minimum atomic E-state index is -2.21. The van der Waals surface area contributed by atoms with Crippen LogP contribution in [0.4, 0.5) is 0 Å². The van der Waals surface area contributed by atoms with Gasteiger partial charge in [-0.3, -0.25) is 0 Å². The van der Waals surface area contributed by atoms with E-state index in [1.165, 1.54) is 0 Å². The van der Waals surface area contributed by atoms with Crippen molar-refractivity contribution in [1.29, 1.82) is 0 Å². The van der Waals surface area contributed by atoms with Crippen molar-refractivity contribution in [1.82, 2.24) is 19.9 Å². The van der Waals surface area contributed by atoms with Gasteiger partial charge in [0.25, 0.3) is 0 Å². The van der Waals surface area contributed by atoms with Crippen LogP contribution in [0.2, 0.25) is 0 Å². The lowest BCUT2D eigenvalue weighted by Gasteiger charge is -2.50. The number of H-pyrrole nitrogens is 2. The fourth-order valence-corrected chi connectivity index (χ4v) is 18.8. The van der Waals surface area contributed by atoms with Crippen molar-refractivity contribution >= 4 is 46.4 Å². The van der Waals surface area contributed by atoms with E-state index < -0.39 is 224 Å². The number of aromatic nitrogens is 4. The van der Waals surface area contributed by atoms with Crippen molar-refractivity contribution in [3.8, 4) is 67.5 Å². The average molecular weight is 1950 g/mol. The van der Waals surface area contributed by atoms with Gasteiger partial charge < -0.3 is 178 Å². The molecule has 0 unspecified atom stereocenters. The Morgan fingerprint density at radius 3 is 0.734 bits per heavy atom. The summed E-state index contributed by atoms with van der Waals surface area (Å²) in [6.07, 6.45) is -34.5. The van der Waals surface area contributed by atoms with E-state index in [-0.39, 0.29) is 19.4 Å². The number of hydrogen-bond acceptors (Lipinski definition) is 36. The summed E-state index contributed by atoms with van der Waals surface area (Å²) in [7, 11) is 0. The molecule has 38 heteroatoms. The summed E-state index contributed by atoms with van der Waals surface area (Å²) in [5.74, 6) is 2.82. The third-order valence-corrected chi connectivity index (χ3v) is 26.6. The molecule has 760 valence electrons. The number of aromatic amines is 2. The predicted octanol–water partition coefficient (Wildman–Crippen LogP) is 4.32. The molecule has 21 N–H and O–H groups in total. The van der Waals surface area contributed by atoms with E-state index in [0.29, 0.717) is 37.0 Å².